The zero-order valence-corrected chi connectivity index (χ0v) is 17.0. The molecule has 0 radical (unpaired) electrons. The first-order valence-electron chi connectivity index (χ1n) is 8.69. The highest BCUT2D eigenvalue weighted by Crippen LogP contribution is 2.28. The van der Waals surface area contributed by atoms with Gasteiger partial charge in [0, 0.05) is 37.2 Å². The molecule has 1 heterocycles. The molecule has 0 bridgehead atoms. The molecule has 0 spiro atoms. The molecule has 0 saturated carbocycles. The van der Waals surface area contributed by atoms with Crippen LogP contribution in [0.15, 0.2) is 40.9 Å². The molecule has 1 saturated heterocycles. The molecule has 0 aliphatic carbocycles. The molecule has 0 N–H and O–H groups in total. The van der Waals surface area contributed by atoms with Crippen molar-refractivity contribution in [2.24, 2.45) is 0 Å². The van der Waals surface area contributed by atoms with E-state index < -0.39 is 5.82 Å². The highest BCUT2D eigenvalue weighted by atomic mass is 79.9. The number of hydrogen-bond acceptors (Lipinski definition) is 4. The van der Waals surface area contributed by atoms with Gasteiger partial charge >= 0.3 is 0 Å². The lowest BCUT2D eigenvalue weighted by Crippen LogP contribution is -2.48. The van der Waals surface area contributed by atoms with E-state index in [4.69, 9.17) is 9.47 Å². The Kier molecular flexibility index (Phi) is 6.34. The number of nitrogens with zero attached hydrogens (tertiary/aromatic N) is 2. The number of piperazine rings is 1. The van der Waals surface area contributed by atoms with Crippen LogP contribution in [0.5, 0.6) is 11.5 Å². The molecular formula is C20H22BrFN2O3. The van der Waals surface area contributed by atoms with Gasteiger partial charge in [-0.3, -0.25) is 9.69 Å². The summed E-state index contributed by atoms with van der Waals surface area (Å²) in [4.78, 5) is 16.5. The van der Waals surface area contributed by atoms with E-state index in [0.29, 0.717) is 29.1 Å². The first kappa shape index (κ1) is 19.6. The zero-order valence-electron chi connectivity index (χ0n) is 15.4. The largest absolute Gasteiger partial charge is 0.493 e. The van der Waals surface area contributed by atoms with Gasteiger partial charge in [-0.05, 0) is 35.9 Å². The zero-order chi connectivity index (χ0) is 19.4. The second kappa shape index (κ2) is 8.71. The molecule has 1 aliphatic heterocycles. The van der Waals surface area contributed by atoms with Crippen LogP contribution in [0, 0.1) is 5.82 Å². The van der Waals surface area contributed by atoms with Crippen LogP contribution < -0.4 is 9.47 Å². The van der Waals surface area contributed by atoms with Gasteiger partial charge in [-0.15, -0.1) is 0 Å². The minimum Gasteiger partial charge on any atom is -0.493 e. The normalized spacial score (nSPS) is 14.9. The van der Waals surface area contributed by atoms with Crippen LogP contribution >= 0.6 is 15.9 Å². The fraction of sp³-hybridized carbons (Fsp3) is 0.350. The fourth-order valence-electron chi connectivity index (χ4n) is 3.18. The third kappa shape index (κ3) is 4.59. The highest BCUT2D eigenvalue weighted by Gasteiger charge is 2.24. The number of carbonyl (C=O) groups excluding carboxylic acids is 1. The van der Waals surface area contributed by atoms with Crippen LogP contribution in [0.4, 0.5) is 4.39 Å². The summed E-state index contributed by atoms with van der Waals surface area (Å²) in [5.74, 6) is 0.649. The maximum absolute atomic E-state index is 14.0. The van der Waals surface area contributed by atoms with E-state index in [9.17, 15) is 9.18 Å². The molecule has 2 aromatic rings. The molecule has 1 fully saturated rings. The van der Waals surface area contributed by atoms with Crippen molar-refractivity contribution in [3.8, 4) is 11.5 Å². The molecule has 27 heavy (non-hydrogen) atoms. The van der Waals surface area contributed by atoms with Crippen molar-refractivity contribution in [1.29, 1.82) is 0 Å². The lowest BCUT2D eigenvalue weighted by molar-refractivity contribution is 0.0624. The minimum absolute atomic E-state index is 0.117. The number of methoxy groups -OCH3 is 2. The predicted molar refractivity (Wildman–Crippen MR) is 105 cm³/mol. The Bertz CT molecular complexity index is 823. The van der Waals surface area contributed by atoms with Crippen molar-refractivity contribution in [2.45, 2.75) is 6.54 Å². The van der Waals surface area contributed by atoms with Crippen molar-refractivity contribution < 1.29 is 18.7 Å². The Hall–Kier alpha value is -2.12. The van der Waals surface area contributed by atoms with Crippen LogP contribution in [0.2, 0.25) is 0 Å². The summed E-state index contributed by atoms with van der Waals surface area (Å²) in [5, 5.41) is 0. The first-order chi connectivity index (χ1) is 13.0. The van der Waals surface area contributed by atoms with Gasteiger partial charge in [0.2, 0.25) is 0 Å². The number of amides is 1. The Labute approximate surface area is 166 Å². The van der Waals surface area contributed by atoms with E-state index in [0.717, 1.165) is 25.2 Å². The maximum atomic E-state index is 14.0. The third-order valence-corrected chi connectivity index (χ3v) is 5.17. The number of carbonyl (C=O) groups is 1. The number of hydrogen-bond donors (Lipinski definition) is 0. The summed E-state index contributed by atoms with van der Waals surface area (Å²) in [5.41, 5.74) is 1.23. The lowest BCUT2D eigenvalue weighted by atomic mass is 10.1. The number of halogens is 2. The van der Waals surface area contributed by atoms with E-state index in [1.807, 2.05) is 18.2 Å². The minimum atomic E-state index is -0.498. The van der Waals surface area contributed by atoms with Crippen LogP contribution in [0.25, 0.3) is 0 Å². The molecule has 144 valence electrons. The molecule has 3 rings (SSSR count). The Balaban J connectivity index is 1.59. The van der Waals surface area contributed by atoms with Gasteiger partial charge in [-0.2, -0.15) is 0 Å². The van der Waals surface area contributed by atoms with Crippen molar-refractivity contribution >= 4 is 21.8 Å². The van der Waals surface area contributed by atoms with Crippen molar-refractivity contribution in [3.05, 3.63) is 57.8 Å². The van der Waals surface area contributed by atoms with E-state index >= 15 is 0 Å². The molecule has 1 aliphatic rings. The standard InChI is InChI=1S/C20H22BrFN2O3/c1-26-18-6-3-14(11-19(18)27-2)13-23-7-9-24(10-8-23)20(25)16-5-4-15(21)12-17(16)22/h3-6,11-12H,7-10,13H2,1-2H3. The van der Waals surface area contributed by atoms with Gasteiger partial charge < -0.3 is 14.4 Å². The van der Waals surface area contributed by atoms with Crippen molar-refractivity contribution in [3.63, 3.8) is 0 Å². The Morgan fingerprint density at radius 2 is 1.74 bits per heavy atom. The van der Waals surface area contributed by atoms with Crippen molar-refractivity contribution in [2.75, 3.05) is 40.4 Å². The average Bonchev–Trinajstić information content (AvgIpc) is 2.68. The van der Waals surface area contributed by atoms with E-state index in [1.165, 1.54) is 12.1 Å². The summed E-state index contributed by atoms with van der Waals surface area (Å²) in [6.45, 7) is 3.37. The molecule has 5 nitrogen and oxygen atoms in total. The molecular weight excluding hydrogens is 415 g/mol. The molecule has 0 unspecified atom stereocenters. The van der Waals surface area contributed by atoms with E-state index in [-0.39, 0.29) is 11.5 Å². The molecule has 7 heteroatoms. The molecule has 1 amide bonds. The van der Waals surface area contributed by atoms with Crippen LogP contribution in [0.3, 0.4) is 0 Å². The van der Waals surface area contributed by atoms with Gasteiger partial charge in [0.1, 0.15) is 5.82 Å². The third-order valence-electron chi connectivity index (χ3n) is 4.68. The van der Waals surface area contributed by atoms with Gasteiger partial charge in [-0.1, -0.05) is 22.0 Å². The first-order valence-corrected chi connectivity index (χ1v) is 9.48. The predicted octanol–water partition coefficient (Wildman–Crippen LogP) is 3.56. The number of benzene rings is 2. The second-order valence-corrected chi connectivity index (χ2v) is 7.30. The summed E-state index contributed by atoms with van der Waals surface area (Å²) < 4.78 is 25.3. The summed E-state index contributed by atoms with van der Waals surface area (Å²) in [7, 11) is 3.23. The Morgan fingerprint density at radius 1 is 1.04 bits per heavy atom. The molecule has 2 aromatic carbocycles. The highest BCUT2D eigenvalue weighted by molar-refractivity contribution is 9.10. The SMILES string of the molecule is COc1ccc(CN2CCN(C(=O)c3ccc(Br)cc3F)CC2)cc1OC. The van der Waals surface area contributed by atoms with Gasteiger partial charge in [0.15, 0.2) is 11.5 Å². The second-order valence-electron chi connectivity index (χ2n) is 6.38. The summed E-state index contributed by atoms with van der Waals surface area (Å²) >= 11 is 3.21. The van der Waals surface area contributed by atoms with Gasteiger partial charge in [-0.25, -0.2) is 4.39 Å². The topological polar surface area (TPSA) is 42.0 Å². The molecule has 0 atom stereocenters. The monoisotopic (exact) mass is 436 g/mol. The van der Waals surface area contributed by atoms with E-state index in [2.05, 4.69) is 20.8 Å². The summed E-state index contributed by atoms with van der Waals surface area (Å²) in [6.07, 6.45) is 0. The van der Waals surface area contributed by atoms with Crippen LogP contribution in [-0.2, 0) is 6.54 Å². The van der Waals surface area contributed by atoms with Crippen LogP contribution in [0.1, 0.15) is 15.9 Å². The smallest absolute Gasteiger partial charge is 0.256 e. The lowest BCUT2D eigenvalue weighted by Gasteiger charge is -2.35. The average molecular weight is 437 g/mol. The number of rotatable bonds is 5. The number of ether oxygens (including phenoxy) is 2. The fourth-order valence-corrected chi connectivity index (χ4v) is 3.51. The molecule has 0 aromatic heterocycles. The Morgan fingerprint density at radius 3 is 2.37 bits per heavy atom. The maximum Gasteiger partial charge on any atom is 0.256 e. The van der Waals surface area contributed by atoms with Crippen molar-refractivity contribution in [1.82, 2.24) is 9.80 Å². The van der Waals surface area contributed by atoms with Gasteiger partial charge in [0.25, 0.3) is 5.91 Å². The quantitative estimate of drug-likeness (QED) is 0.718. The summed E-state index contributed by atoms with van der Waals surface area (Å²) in [6, 6.07) is 10.4. The van der Waals surface area contributed by atoms with Crippen LogP contribution in [-0.4, -0.2) is 56.1 Å². The van der Waals surface area contributed by atoms with E-state index in [1.54, 1.807) is 25.2 Å². The van der Waals surface area contributed by atoms with Gasteiger partial charge in [0.05, 0.1) is 19.8 Å².